The lowest BCUT2D eigenvalue weighted by molar-refractivity contribution is 0.417. The smallest absolute Gasteiger partial charge is 0.229 e. The van der Waals surface area contributed by atoms with Crippen molar-refractivity contribution in [2.45, 2.75) is 38.4 Å². The van der Waals surface area contributed by atoms with Crippen LogP contribution in [0.2, 0.25) is 5.02 Å². The molecule has 0 saturated carbocycles. The van der Waals surface area contributed by atoms with Gasteiger partial charge in [-0.3, -0.25) is 9.71 Å². The predicted octanol–water partition coefficient (Wildman–Crippen LogP) is 5.92. The summed E-state index contributed by atoms with van der Waals surface area (Å²) in [6.45, 7) is 6.46. The molecule has 2 atom stereocenters. The molecule has 1 fully saturated rings. The predicted molar refractivity (Wildman–Crippen MR) is 167 cm³/mol. The van der Waals surface area contributed by atoms with Crippen molar-refractivity contribution >= 4 is 61.6 Å². The Bertz CT molecular complexity index is 1630. The molecule has 2 aliphatic rings. The van der Waals surface area contributed by atoms with E-state index in [9.17, 15) is 8.42 Å². The summed E-state index contributed by atoms with van der Waals surface area (Å²) in [5.41, 5.74) is 5.81. The average molecular weight is 598 g/mol. The number of pyridine rings is 1. The van der Waals surface area contributed by atoms with E-state index < -0.39 is 10.0 Å². The highest BCUT2D eigenvalue weighted by Gasteiger charge is 2.43. The maximum Gasteiger partial charge on any atom is 0.229 e. The van der Waals surface area contributed by atoms with Gasteiger partial charge in [0, 0.05) is 35.2 Å². The summed E-state index contributed by atoms with van der Waals surface area (Å²) >= 11 is 13.0. The van der Waals surface area contributed by atoms with E-state index in [-0.39, 0.29) is 17.6 Å². The van der Waals surface area contributed by atoms with Crippen LogP contribution >= 0.6 is 23.8 Å². The molecule has 11 heteroatoms. The summed E-state index contributed by atoms with van der Waals surface area (Å²) in [6, 6.07) is 14.5. The molecule has 2 aromatic carbocycles. The summed E-state index contributed by atoms with van der Waals surface area (Å²) in [7, 11) is 0.00171. The van der Waals surface area contributed by atoms with Crippen molar-refractivity contribution in [3.8, 4) is 5.75 Å². The molecule has 2 N–H and O–H groups in total. The molecule has 8 nitrogen and oxygen atoms in total. The van der Waals surface area contributed by atoms with E-state index in [1.807, 2.05) is 35.2 Å². The zero-order valence-electron chi connectivity index (χ0n) is 23.2. The lowest BCUT2D eigenvalue weighted by Crippen LogP contribution is -2.42. The minimum Gasteiger partial charge on any atom is -0.495 e. The van der Waals surface area contributed by atoms with Crippen LogP contribution in [0, 0.1) is 0 Å². The highest BCUT2D eigenvalue weighted by molar-refractivity contribution is 7.92. The molecule has 0 unspecified atom stereocenters. The molecule has 1 aromatic heterocycles. The van der Waals surface area contributed by atoms with Crippen molar-refractivity contribution in [3.63, 3.8) is 0 Å². The van der Waals surface area contributed by atoms with Crippen molar-refractivity contribution in [2.24, 2.45) is 0 Å². The molecule has 1 saturated heterocycles. The zero-order chi connectivity index (χ0) is 29.0. The van der Waals surface area contributed by atoms with Gasteiger partial charge in [-0.15, -0.1) is 0 Å². The molecular formula is C29H32ClN5O3S2. The van der Waals surface area contributed by atoms with Crippen LogP contribution in [-0.2, 0) is 10.0 Å². The average Bonchev–Trinajstić information content (AvgIpc) is 3.23. The molecule has 5 rings (SSSR count). The molecule has 0 spiro atoms. The van der Waals surface area contributed by atoms with E-state index in [4.69, 9.17) is 28.6 Å². The maximum absolute atomic E-state index is 12.1. The summed E-state index contributed by atoms with van der Waals surface area (Å²) in [5.74, 6) is 0.392. The monoisotopic (exact) mass is 597 g/mol. The van der Waals surface area contributed by atoms with Crippen molar-refractivity contribution in [3.05, 3.63) is 82.6 Å². The number of likely N-dealkylation sites (N-methyl/N-ethyl adjacent to an activating group) is 1. The number of sulfonamides is 1. The Labute approximate surface area is 246 Å². The molecule has 0 amide bonds. The zero-order valence-corrected chi connectivity index (χ0v) is 25.6. The first-order valence-corrected chi connectivity index (χ1v) is 15.4. The largest absolute Gasteiger partial charge is 0.495 e. The first kappa shape index (κ1) is 28.2. The quantitative estimate of drug-likeness (QED) is 0.339. The van der Waals surface area contributed by atoms with E-state index in [2.05, 4.69) is 59.9 Å². The Morgan fingerprint density at radius 1 is 1.18 bits per heavy atom. The van der Waals surface area contributed by atoms with Gasteiger partial charge in [-0.25, -0.2) is 8.42 Å². The number of nitrogens with zero attached hydrogens (tertiary/aromatic N) is 3. The maximum atomic E-state index is 12.1. The molecule has 2 aliphatic heterocycles. The highest BCUT2D eigenvalue weighted by Crippen LogP contribution is 2.48. The van der Waals surface area contributed by atoms with Gasteiger partial charge in [0.15, 0.2) is 5.11 Å². The van der Waals surface area contributed by atoms with Gasteiger partial charge < -0.3 is 19.9 Å². The number of fused-ring (bicyclic) bond motifs is 1. The van der Waals surface area contributed by atoms with Crippen LogP contribution in [0.1, 0.15) is 49.7 Å². The molecule has 0 aliphatic carbocycles. The number of ether oxygens (including phenoxy) is 1. The number of halogens is 1. The topological polar surface area (TPSA) is 86.8 Å². The fourth-order valence-corrected chi connectivity index (χ4v) is 6.66. The van der Waals surface area contributed by atoms with Gasteiger partial charge in [0.25, 0.3) is 0 Å². The minimum absolute atomic E-state index is 0.160. The third kappa shape index (κ3) is 5.11. The van der Waals surface area contributed by atoms with E-state index in [0.717, 1.165) is 34.3 Å². The van der Waals surface area contributed by atoms with Gasteiger partial charge in [-0.2, -0.15) is 0 Å². The normalized spacial score (nSPS) is 20.1. The number of hydrogen-bond donors (Lipinski definition) is 2. The summed E-state index contributed by atoms with van der Waals surface area (Å²) in [4.78, 5) is 8.82. The van der Waals surface area contributed by atoms with Gasteiger partial charge in [-0.1, -0.05) is 23.7 Å². The third-order valence-electron chi connectivity index (χ3n) is 7.51. The van der Waals surface area contributed by atoms with Crippen LogP contribution in [0.15, 0.2) is 60.8 Å². The van der Waals surface area contributed by atoms with Gasteiger partial charge in [0.1, 0.15) is 5.75 Å². The van der Waals surface area contributed by atoms with Gasteiger partial charge in [0.2, 0.25) is 10.0 Å². The second kappa shape index (κ2) is 10.2. The first-order chi connectivity index (χ1) is 18.8. The first-order valence-electron chi connectivity index (χ1n) is 12.7. The van der Waals surface area contributed by atoms with Crippen LogP contribution in [0.4, 0.5) is 17.1 Å². The van der Waals surface area contributed by atoms with E-state index in [1.54, 1.807) is 18.3 Å². The minimum atomic E-state index is -3.56. The van der Waals surface area contributed by atoms with Gasteiger partial charge >= 0.3 is 0 Å². The molecule has 40 heavy (non-hydrogen) atoms. The molecule has 3 heterocycles. The second-order valence-corrected chi connectivity index (χ2v) is 13.2. The molecule has 210 valence electrons. The van der Waals surface area contributed by atoms with Gasteiger partial charge in [-0.05, 0) is 86.6 Å². The number of aromatic nitrogens is 1. The lowest BCUT2D eigenvalue weighted by Gasteiger charge is -2.41. The third-order valence-corrected chi connectivity index (χ3v) is 8.74. The summed E-state index contributed by atoms with van der Waals surface area (Å²) in [6.07, 6.45) is 5.10. The number of anilines is 3. The fourth-order valence-electron chi connectivity index (χ4n) is 5.49. The standard InChI is InChI=1S/C29H32ClN5O3S2/c1-17-16-29(2,3)34(4)24-15-21(30)20(14-19(17)24)27-26(22-9-7-8-12-31-22)32-28(39)35(27)18-10-11-25(38-5)23(13-18)33-40(6,36)37/h7-16,26-27,33H,1-6H3,(H,32,39)/t26-,27-/m1/s1. The van der Waals surface area contributed by atoms with Crippen LogP contribution in [0.25, 0.3) is 5.57 Å². The Hall–Kier alpha value is -3.34. The SMILES string of the molecule is COc1ccc(N2C(=S)N[C@H](c3ccccn3)[C@H]2c2cc3c(cc2Cl)N(C)C(C)(C)C=C3C)cc1NS(C)(=O)=O. The Balaban J connectivity index is 1.70. The van der Waals surface area contributed by atoms with Crippen molar-refractivity contribution in [1.82, 2.24) is 10.3 Å². The molecular weight excluding hydrogens is 566 g/mol. The lowest BCUT2D eigenvalue weighted by atomic mass is 9.86. The summed E-state index contributed by atoms with van der Waals surface area (Å²) < 4.78 is 32.2. The number of thiocarbonyl (C=S) groups is 1. The number of hydrogen-bond acceptors (Lipinski definition) is 6. The van der Waals surface area contributed by atoms with Crippen LogP contribution in [0.3, 0.4) is 0 Å². The number of benzene rings is 2. The fraction of sp³-hybridized carbons (Fsp3) is 0.310. The Morgan fingerprint density at radius 3 is 2.58 bits per heavy atom. The van der Waals surface area contributed by atoms with E-state index in [1.165, 1.54) is 7.11 Å². The van der Waals surface area contributed by atoms with Crippen molar-refractivity contribution in [1.29, 1.82) is 0 Å². The van der Waals surface area contributed by atoms with Crippen LogP contribution in [0.5, 0.6) is 5.75 Å². The number of rotatable bonds is 6. The van der Waals surface area contributed by atoms with E-state index in [0.29, 0.717) is 27.3 Å². The molecule has 0 radical (unpaired) electrons. The number of allylic oxidation sites excluding steroid dienone is 1. The van der Waals surface area contributed by atoms with Crippen LogP contribution < -0.4 is 24.6 Å². The molecule has 3 aromatic rings. The Kier molecular flexibility index (Phi) is 7.22. The summed E-state index contributed by atoms with van der Waals surface area (Å²) in [5, 5.41) is 4.51. The second-order valence-electron chi connectivity index (χ2n) is 10.7. The van der Waals surface area contributed by atoms with Crippen LogP contribution in [-0.4, -0.2) is 44.5 Å². The van der Waals surface area contributed by atoms with Gasteiger partial charge in [0.05, 0.1) is 42.4 Å². The van der Waals surface area contributed by atoms with Crippen molar-refractivity contribution in [2.75, 3.05) is 34.9 Å². The highest BCUT2D eigenvalue weighted by atomic mass is 35.5. The van der Waals surface area contributed by atoms with E-state index >= 15 is 0 Å². The Morgan fingerprint density at radius 2 is 1.93 bits per heavy atom. The van der Waals surface area contributed by atoms with Crippen molar-refractivity contribution < 1.29 is 13.2 Å². The number of methoxy groups -OCH3 is 1. The molecule has 0 bridgehead atoms. The number of nitrogens with one attached hydrogen (secondary N) is 2.